The molecule has 0 aliphatic carbocycles. The second-order valence-electron chi connectivity index (χ2n) is 3.41. The Kier molecular flexibility index (Phi) is 3.70. The number of rotatable bonds is 3. The van der Waals surface area contributed by atoms with Crippen molar-refractivity contribution in [1.82, 2.24) is 0 Å². The minimum atomic E-state index is 0.349. The number of phenols is 1. The molecule has 2 rings (SSSR count). The SMILES string of the molecule is Oc1cccc2c1[C@H](SCCS)CCO2. The molecule has 0 spiro atoms. The van der Waals surface area contributed by atoms with E-state index in [0.717, 1.165) is 35.8 Å². The first-order valence-electron chi connectivity index (χ1n) is 5.00. The summed E-state index contributed by atoms with van der Waals surface area (Å²) in [5.41, 5.74) is 0.954. The molecule has 1 aliphatic heterocycles. The molecule has 15 heavy (non-hydrogen) atoms. The molecular weight excluding hydrogens is 228 g/mol. The number of ether oxygens (including phenoxy) is 1. The van der Waals surface area contributed by atoms with Gasteiger partial charge >= 0.3 is 0 Å². The summed E-state index contributed by atoms with van der Waals surface area (Å²) >= 11 is 6.04. The molecule has 4 heteroatoms. The average molecular weight is 242 g/mol. The van der Waals surface area contributed by atoms with Gasteiger partial charge in [0.05, 0.1) is 6.61 Å². The molecule has 1 aromatic carbocycles. The predicted molar refractivity (Wildman–Crippen MR) is 67.3 cm³/mol. The zero-order valence-electron chi connectivity index (χ0n) is 8.35. The van der Waals surface area contributed by atoms with Crippen molar-refractivity contribution < 1.29 is 9.84 Å². The highest BCUT2D eigenvalue weighted by molar-refractivity contribution is 8.00. The lowest BCUT2D eigenvalue weighted by atomic mass is 10.0. The molecule has 0 aromatic heterocycles. The normalized spacial score (nSPS) is 19.4. The van der Waals surface area contributed by atoms with E-state index in [1.54, 1.807) is 6.07 Å². The lowest BCUT2D eigenvalue weighted by Gasteiger charge is -2.26. The third-order valence-electron chi connectivity index (χ3n) is 2.41. The third-order valence-corrected chi connectivity index (χ3v) is 4.25. The van der Waals surface area contributed by atoms with Gasteiger partial charge in [-0.05, 0) is 24.3 Å². The fourth-order valence-corrected chi connectivity index (χ4v) is 3.14. The summed E-state index contributed by atoms with van der Waals surface area (Å²) in [6.45, 7) is 0.737. The van der Waals surface area contributed by atoms with Crippen LogP contribution in [0.2, 0.25) is 0 Å². The van der Waals surface area contributed by atoms with Crippen molar-refractivity contribution in [2.75, 3.05) is 18.1 Å². The minimum Gasteiger partial charge on any atom is -0.507 e. The van der Waals surface area contributed by atoms with E-state index in [4.69, 9.17) is 4.74 Å². The number of thiol groups is 1. The Bertz CT molecular complexity index is 341. The zero-order chi connectivity index (χ0) is 10.7. The van der Waals surface area contributed by atoms with Crippen LogP contribution in [0.25, 0.3) is 0 Å². The summed E-state index contributed by atoms with van der Waals surface area (Å²) in [4.78, 5) is 0. The quantitative estimate of drug-likeness (QED) is 0.799. The molecule has 0 bridgehead atoms. The van der Waals surface area contributed by atoms with Crippen molar-refractivity contribution in [2.45, 2.75) is 11.7 Å². The van der Waals surface area contributed by atoms with E-state index in [1.807, 2.05) is 23.9 Å². The summed E-state index contributed by atoms with van der Waals surface area (Å²) in [5, 5.41) is 10.2. The molecule has 1 atom stereocenters. The number of aromatic hydroxyl groups is 1. The lowest BCUT2D eigenvalue weighted by Crippen LogP contribution is -2.12. The minimum absolute atomic E-state index is 0.349. The predicted octanol–water partition coefficient (Wildman–Crippen LogP) is 2.88. The molecular formula is C11H14O2S2. The Labute approximate surface area is 99.4 Å². The molecule has 0 fully saturated rings. The summed E-state index contributed by atoms with van der Waals surface area (Å²) in [5.74, 6) is 3.05. The van der Waals surface area contributed by atoms with Crippen molar-refractivity contribution in [3.63, 3.8) is 0 Å². The first-order valence-corrected chi connectivity index (χ1v) is 6.68. The highest BCUT2D eigenvalue weighted by atomic mass is 32.2. The smallest absolute Gasteiger partial charge is 0.127 e. The highest BCUT2D eigenvalue weighted by Crippen LogP contribution is 2.45. The molecule has 0 radical (unpaired) electrons. The van der Waals surface area contributed by atoms with Crippen LogP contribution >= 0.6 is 24.4 Å². The molecule has 0 saturated carbocycles. The number of thioether (sulfide) groups is 1. The summed E-state index contributed by atoms with van der Waals surface area (Å²) in [7, 11) is 0. The topological polar surface area (TPSA) is 29.5 Å². The van der Waals surface area contributed by atoms with Crippen LogP contribution in [0.1, 0.15) is 17.2 Å². The van der Waals surface area contributed by atoms with Gasteiger partial charge in [0.1, 0.15) is 11.5 Å². The fourth-order valence-electron chi connectivity index (χ4n) is 1.76. The van der Waals surface area contributed by atoms with Crippen LogP contribution in [0.5, 0.6) is 11.5 Å². The summed E-state index contributed by atoms with van der Waals surface area (Å²) < 4.78 is 5.52. The maximum Gasteiger partial charge on any atom is 0.127 e. The Morgan fingerprint density at radius 1 is 1.53 bits per heavy atom. The molecule has 82 valence electrons. The first-order chi connectivity index (χ1) is 7.33. The number of phenolic OH excluding ortho intramolecular Hbond substituents is 1. The van der Waals surface area contributed by atoms with Gasteiger partial charge in [-0.2, -0.15) is 24.4 Å². The molecule has 0 unspecified atom stereocenters. The maximum absolute atomic E-state index is 9.81. The van der Waals surface area contributed by atoms with E-state index >= 15 is 0 Å². The Balaban J connectivity index is 2.24. The van der Waals surface area contributed by atoms with Gasteiger partial charge in [0.25, 0.3) is 0 Å². The van der Waals surface area contributed by atoms with Gasteiger partial charge in [-0.25, -0.2) is 0 Å². The van der Waals surface area contributed by atoms with E-state index in [1.165, 1.54) is 0 Å². The summed E-state index contributed by atoms with van der Waals surface area (Å²) in [6.07, 6.45) is 0.961. The molecule has 1 heterocycles. The van der Waals surface area contributed by atoms with E-state index in [2.05, 4.69) is 12.6 Å². The van der Waals surface area contributed by atoms with E-state index < -0.39 is 0 Å². The second-order valence-corrected chi connectivity index (χ2v) is 5.17. The molecule has 1 N–H and O–H groups in total. The van der Waals surface area contributed by atoms with Gasteiger partial charge in [-0.1, -0.05) is 6.07 Å². The third kappa shape index (κ3) is 2.37. The monoisotopic (exact) mass is 242 g/mol. The number of benzene rings is 1. The highest BCUT2D eigenvalue weighted by Gasteiger charge is 2.24. The van der Waals surface area contributed by atoms with Crippen LogP contribution in [0.3, 0.4) is 0 Å². The van der Waals surface area contributed by atoms with E-state index in [9.17, 15) is 5.11 Å². The van der Waals surface area contributed by atoms with Crippen LogP contribution in [0.15, 0.2) is 18.2 Å². The van der Waals surface area contributed by atoms with Crippen molar-refractivity contribution in [1.29, 1.82) is 0 Å². The second kappa shape index (κ2) is 5.03. The number of hydrogen-bond donors (Lipinski definition) is 2. The Morgan fingerprint density at radius 3 is 3.20 bits per heavy atom. The summed E-state index contributed by atoms with van der Waals surface area (Å²) in [6, 6.07) is 5.46. The van der Waals surface area contributed by atoms with Crippen molar-refractivity contribution >= 4 is 24.4 Å². The first kappa shape index (κ1) is 11.0. The lowest BCUT2D eigenvalue weighted by molar-refractivity contribution is 0.282. The standard InChI is InChI=1S/C11H14O2S2/c12-8-2-1-3-9-11(8)10(4-5-13-9)15-7-6-14/h1-3,10,12,14H,4-7H2/t10-/m1/s1. The molecule has 2 nitrogen and oxygen atoms in total. The van der Waals surface area contributed by atoms with Crippen LogP contribution < -0.4 is 4.74 Å². The van der Waals surface area contributed by atoms with Gasteiger partial charge < -0.3 is 9.84 Å². The average Bonchev–Trinajstić information content (AvgIpc) is 2.26. The molecule has 1 aromatic rings. The van der Waals surface area contributed by atoms with Gasteiger partial charge in [0.2, 0.25) is 0 Å². The van der Waals surface area contributed by atoms with Gasteiger partial charge in [0, 0.05) is 16.6 Å². The zero-order valence-corrected chi connectivity index (χ0v) is 10.1. The van der Waals surface area contributed by atoms with Crippen LogP contribution in [0, 0.1) is 0 Å². The van der Waals surface area contributed by atoms with Crippen molar-refractivity contribution in [3.05, 3.63) is 23.8 Å². The van der Waals surface area contributed by atoms with Gasteiger partial charge in [0.15, 0.2) is 0 Å². The van der Waals surface area contributed by atoms with E-state index in [-0.39, 0.29) is 0 Å². The van der Waals surface area contributed by atoms with Crippen LogP contribution in [-0.4, -0.2) is 23.2 Å². The Hall–Kier alpha value is -0.480. The largest absolute Gasteiger partial charge is 0.507 e. The fraction of sp³-hybridized carbons (Fsp3) is 0.455. The molecule has 1 aliphatic rings. The number of hydrogen-bond acceptors (Lipinski definition) is 4. The van der Waals surface area contributed by atoms with Crippen LogP contribution in [-0.2, 0) is 0 Å². The van der Waals surface area contributed by atoms with Crippen molar-refractivity contribution in [2.24, 2.45) is 0 Å². The molecule has 0 amide bonds. The number of fused-ring (bicyclic) bond motifs is 1. The van der Waals surface area contributed by atoms with Gasteiger partial charge in [-0.3, -0.25) is 0 Å². The maximum atomic E-state index is 9.81. The van der Waals surface area contributed by atoms with Crippen molar-refractivity contribution in [3.8, 4) is 11.5 Å². The van der Waals surface area contributed by atoms with Crippen LogP contribution in [0.4, 0.5) is 0 Å². The van der Waals surface area contributed by atoms with E-state index in [0.29, 0.717) is 11.0 Å². The van der Waals surface area contributed by atoms with Gasteiger partial charge in [-0.15, -0.1) is 0 Å². The Morgan fingerprint density at radius 2 is 2.40 bits per heavy atom. The molecule has 0 saturated heterocycles.